The molecule has 0 bridgehead atoms. The second kappa shape index (κ2) is 3.16. The van der Waals surface area contributed by atoms with E-state index >= 15 is 0 Å². The third-order valence-electron chi connectivity index (χ3n) is 1.70. The van der Waals surface area contributed by atoms with E-state index in [9.17, 15) is 0 Å². The number of benzene rings is 1. The molecule has 3 heteroatoms. The minimum absolute atomic E-state index is 0.869. The Bertz CT molecular complexity index is 433. The Hall–Kier alpha value is 0.200. The van der Waals surface area contributed by atoms with E-state index in [0.717, 1.165) is 4.34 Å². The zero-order valence-corrected chi connectivity index (χ0v) is 10.1. The Balaban J connectivity index is 2.88. The number of hydrogen-bond donors (Lipinski definition) is 0. The van der Waals surface area contributed by atoms with E-state index in [-0.39, 0.29) is 0 Å². The van der Waals surface area contributed by atoms with Crippen LogP contribution in [0, 0.1) is 10.5 Å². The van der Waals surface area contributed by atoms with E-state index in [0.29, 0.717) is 0 Å². The third-order valence-corrected chi connectivity index (χ3v) is 3.80. The van der Waals surface area contributed by atoms with Gasteiger partial charge in [-0.25, -0.2) is 0 Å². The van der Waals surface area contributed by atoms with Crippen molar-refractivity contribution in [1.29, 1.82) is 0 Å². The fourth-order valence-electron chi connectivity index (χ4n) is 1.19. The standard InChI is InChI=1S/C9H6ClIS/c1-5-2-7(11)6-4-9(10)12-8(6)3-5/h2-4H,1H3. The molecule has 0 fully saturated rings. The van der Waals surface area contributed by atoms with Gasteiger partial charge in [0.2, 0.25) is 0 Å². The first kappa shape index (κ1) is 8.78. The van der Waals surface area contributed by atoms with Crippen molar-refractivity contribution in [1.82, 2.24) is 0 Å². The minimum atomic E-state index is 0.869. The van der Waals surface area contributed by atoms with Crippen LogP contribution < -0.4 is 0 Å². The summed E-state index contributed by atoms with van der Waals surface area (Å²) in [7, 11) is 0. The molecular formula is C9H6ClIS. The lowest BCUT2D eigenvalue weighted by Gasteiger charge is -1.95. The third kappa shape index (κ3) is 1.47. The molecule has 0 aliphatic carbocycles. The first-order valence-corrected chi connectivity index (χ1v) is 5.79. The largest absolute Gasteiger partial charge is 0.123 e. The van der Waals surface area contributed by atoms with Crippen LogP contribution in [0.4, 0.5) is 0 Å². The highest BCUT2D eigenvalue weighted by Gasteiger charge is 2.03. The van der Waals surface area contributed by atoms with Gasteiger partial charge < -0.3 is 0 Å². The molecule has 0 aliphatic heterocycles. The Kier molecular flexibility index (Phi) is 2.31. The number of aryl methyl sites for hydroxylation is 1. The maximum atomic E-state index is 5.92. The summed E-state index contributed by atoms with van der Waals surface area (Å²) in [6.45, 7) is 2.11. The summed E-state index contributed by atoms with van der Waals surface area (Å²) in [5.41, 5.74) is 1.30. The van der Waals surface area contributed by atoms with E-state index in [1.165, 1.54) is 19.2 Å². The second-order valence-corrected chi connectivity index (χ2v) is 5.59. The lowest BCUT2D eigenvalue weighted by molar-refractivity contribution is 1.50. The molecule has 0 spiro atoms. The summed E-state index contributed by atoms with van der Waals surface area (Å²) in [4.78, 5) is 0. The van der Waals surface area contributed by atoms with Crippen LogP contribution in [-0.2, 0) is 0 Å². The van der Waals surface area contributed by atoms with E-state index < -0.39 is 0 Å². The number of thiophene rings is 1. The van der Waals surface area contributed by atoms with Gasteiger partial charge in [0.05, 0.1) is 4.34 Å². The van der Waals surface area contributed by atoms with Gasteiger partial charge in [-0.1, -0.05) is 11.6 Å². The van der Waals surface area contributed by atoms with Crippen molar-refractivity contribution in [3.63, 3.8) is 0 Å². The number of hydrogen-bond acceptors (Lipinski definition) is 1. The SMILES string of the molecule is Cc1cc(I)c2cc(Cl)sc2c1. The van der Waals surface area contributed by atoms with Crippen LogP contribution in [0.25, 0.3) is 10.1 Å². The summed E-state index contributed by atoms with van der Waals surface area (Å²) in [6.07, 6.45) is 0. The molecule has 2 rings (SSSR count). The zero-order valence-electron chi connectivity index (χ0n) is 6.40. The average molecular weight is 309 g/mol. The molecule has 0 amide bonds. The molecule has 0 nitrogen and oxygen atoms in total. The summed E-state index contributed by atoms with van der Waals surface area (Å²) >= 11 is 9.91. The number of fused-ring (bicyclic) bond motifs is 1. The molecule has 0 atom stereocenters. The van der Waals surface area contributed by atoms with Gasteiger partial charge in [0.25, 0.3) is 0 Å². The van der Waals surface area contributed by atoms with Crippen molar-refractivity contribution in [2.75, 3.05) is 0 Å². The van der Waals surface area contributed by atoms with E-state index in [2.05, 4.69) is 41.6 Å². The fourth-order valence-corrected chi connectivity index (χ4v) is 3.58. The molecule has 1 aromatic carbocycles. The van der Waals surface area contributed by atoms with Gasteiger partial charge >= 0.3 is 0 Å². The van der Waals surface area contributed by atoms with Crippen LogP contribution >= 0.6 is 45.5 Å². The molecule has 0 saturated carbocycles. The number of halogens is 2. The summed E-state index contributed by atoms with van der Waals surface area (Å²) in [6, 6.07) is 6.38. The summed E-state index contributed by atoms with van der Waals surface area (Å²) in [5, 5.41) is 1.27. The lowest BCUT2D eigenvalue weighted by atomic mass is 10.2. The highest BCUT2D eigenvalue weighted by Crippen LogP contribution is 2.33. The predicted molar refractivity (Wildman–Crippen MR) is 64.3 cm³/mol. The van der Waals surface area contributed by atoms with E-state index in [1.54, 1.807) is 11.3 Å². The fraction of sp³-hybridized carbons (Fsp3) is 0.111. The van der Waals surface area contributed by atoms with Crippen molar-refractivity contribution < 1.29 is 0 Å². The Labute approximate surface area is 93.7 Å². The second-order valence-electron chi connectivity index (χ2n) is 2.71. The van der Waals surface area contributed by atoms with Gasteiger partial charge in [-0.2, -0.15) is 0 Å². The molecule has 0 radical (unpaired) electrons. The van der Waals surface area contributed by atoms with Crippen LogP contribution in [0.15, 0.2) is 18.2 Å². The Morgan fingerprint density at radius 3 is 2.83 bits per heavy atom. The lowest BCUT2D eigenvalue weighted by Crippen LogP contribution is -1.74. The van der Waals surface area contributed by atoms with Gasteiger partial charge in [0.1, 0.15) is 0 Å². The van der Waals surface area contributed by atoms with Crippen LogP contribution in [0.3, 0.4) is 0 Å². The monoisotopic (exact) mass is 308 g/mol. The van der Waals surface area contributed by atoms with Gasteiger partial charge in [0.15, 0.2) is 0 Å². The van der Waals surface area contributed by atoms with E-state index in [1.807, 2.05) is 6.07 Å². The molecule has 0 aliphatic rings. The Morgan fingerprint density at radius 1 is 1.33 bits per heavy atom. The number of rotatable bonds is 0. The van der Waals surface area contributed by atoms with Gasteiger partial charge in [-0.05, 0) is 53.3 Å². The molecule has 1 heterocycles. The van der Waals surface area contributed by atoms with Crippen LogP contribution in [0.1, 0.15) is 5.56 Å². The van der Waals surface area contributed by atoms with Crippen molar-refractivity contribution >= 4 is 55.6 Å². The first-order chi connectivity index (χ1) is 5.66. The summed E-state index contributed by atoms with van der Waals surface area (Å²) < 4.78 is 3.43. The van der Waals surface area contributed by atoms with Gasteiger partial charge in [0, 0.05) is 13.7 Å². The van der Waals surface area contributed by atoms with Crippen molar-refractivity contribution in [3.05, 3.63) is 31.7 Å². The van der Waals surface area contributed by atoms with Crippen molar-refractivity contribution in [3.8, 4) is 0 Å². The molecule has 0 unspecified atom stereocenters. The molecule has 62 valence electrons. The van der Waals surface area contributed by atoms with Gasteiger partial charge in [-0.3, -0.25) is 0 Å². The topological polar surface area (TPSA) is 0 Å². The molecule has 1 aromatic heterocycles. The summed E-state index contributed by atoms with van der Waals surface area (Å²) in [5.74, 6) is 0. The Morgan fingerprint density at radius 2 is 2.08 bits per heavy atom. The van der Waals surface area contributed by atoms with Crippen LogP contribution in [0.2, 0.25) is 4.34 Å². The highest BCUT2D eigenvalue weighted by molar-refractivity contribution is 14.1. The maximum absolute atomic E-state index is 5.92. The first-order valence-electron chi connectivity index (χ1n) is 3.52. The highest BCUT2D eigenvalue weighted by atomic mass is 127. The maximum Gasteiger partial charge on any atom is 0.0941 e. The predicted octanol–water partition coefficient (Wildman–Crippen LogP) is 4.47. The molecule has 0 saturated heterocycles. The van der Waals surface area contributed by atoms with Crippen molar-refractivity contribution in [2.45, 2.75) is 6.92 Å². The normalized spacial score (nSPS) is 10.9. The molecule has 12 heavy (non-hydrogen) atoms. The van der Waals surface area contributed by atoms with Gasteiger partial charge in [-0.15, -0.1) is 11.3 Å². The molecule has 0 N–H and O–H groups in total. The zero-order chi connectivity index (χ0) is 8.72. The minimum Gasteiger partial charge on any atom is -0.123 e. The van der Waals surface area contributed by atoms with E-state index in [4.69, 9.17) is 11.6 Å². The average Bonchev–Trinajstić information content (AvgIpc) is 2.29. The smallest absolute Gasteiger partial charge is 0.0941 e. The molecular weight excluding hydrogens is 303 g/mol. The quantitative estimate of drug-likeness (QED) is 0.630. The van der Waals surface area contributed by atoms with Crippen LogP contribution in [0.5, 0.6) is 0 Å². The van der Waals surface area contributed by atoms with Crippen molar-refractivity contribution in [2.24, 2.45) is 0 Å². The van der Waals surface area contributed by atoms with Crippen LogP contribution in [-0.4, -0.2) is 0 Å². The molecule has 2 aromatic rings.